The SMILES string of the molecule is COc1ccc(CN2C[C@@H]3CCN(C(=O)c4ccccc4)CC[C@@H]3S2(=O)=O)cc1. The van der Waals surface area contributed by atoms with Gasteiger partial charge in [-0.05, 0) is 48.6 Å². The Kier molecular flexibility index (Phi) is 5.61. The zero-order chi connectivity index (χ0) is 20.4. The van der Waals surface area contributed by atoms with E-state index in [1.165, 1.54) is 0 Å². The average Bonchev–Trinajstić information content (AvgIpc) is 2.88. The third-order valence-electron chi connectivity index (χ3n) is 5.99. The molecule has 7 heteroatoms. The fourth-order valence-corrected chi connectivity index (χ4v) is 6.57. The van der Waals surface area contributed by atoms with Crippen molar-refractivity contribution in [2.75, 3.05) is 26.7 Å². The van der Waals surface area contributed by atoms with Crippen LogP contribution in [0.25, 0.3) is 0 Å². The zero-order valence-electron chi connectivity index (χ0n) is 16.5. The molecule has 0 radical (unpaired) electrons. The molecule has 2 aromatic rings. The van der Waals surface area contributed by atoms with Gasteiger partial charge in [-0.3, -0.25) is 4.79 Å². The minimum absolute atomic E-state index is 0.0157. The van der Waals surface area contributed by atoms with Crippen LogP contribution in [-0.2, 0) is 16.6 Å². The van der Waals surface area contributed by atoms with Gasteiger partial charge < -0.3 is 9.64 Å². The van der Waals surface area contributed by atoms with E-state index in [2.05, 4.69) is 0 Å². The van der Waals surface area contributed by atoms with E-state index in [1.54, 1.807) is 28.4 Å². The smallest absolute Gasteiger partial charge is 0.253 e. The van der Waals surface area contributed by atoms with E-state index in [0.29, 0.717) is 44.6 Å². The molecular weight excluding hydrogens is 388 g/mol. The number of nitrogens with zero attached hydrogens (tertiary/aromatic N) is 2. The van der Waals surface area contributed by atoms with E-state index in [0.717, 1.165) is 11.3 Å². The summed E-state index contributed by atoms with van der Waals surface area (Å²) in [5.41, 5.74) is 1.61. The van der Waals surface area contributed by atoms with Crippen molar-refractivity contribution in [3.05, 3.63) is 65.7 Å². The minimum Gasteiger partial charge on any atom is -0.497 e. The molecule has 2 aliphatic heterocycles. The number of hydrogen-bond donors (Lipinski definition) is 0. The Morgan fingerprint density at radius 3 is 2.41 bits per heavy atom. The summed E-state index contributed by atoms with van der Waals surface area (Å²) >= 11 is 0. The van der Waals surface area contributed by atoms with Crippen molar-refractivity contribution in [1.29, 1.82) is 0 Å². The Bertz CT molecular complexity index is 960. The van der Waals surface area contributed by atoms with Crippen LogP contribution < -0.4 is 4.74 Å². The molecule has 4 rings (SSSR count). The van der Waals surface area contributed by atoms with E-state index >= 15 is 0 Å². The van der Waals surface area contributed by atoms with Gasteiger partial charge in [-0.2, -0.15) is 4.31 Å². The molecule has 0 saturated carbocycles. The Morgan fingerprint density at radius 2 is 1.72 bits per heavy atom. The van der Waals surface area contributed by atoms with Crippen LogP contribution in [0.2, 0.25) is 0 Å². The number of ether oxygens (including phenoxy) is 1. The summed E-state index contributed by atoms with van der Waals surface area (Å²) < 4.78 is 33.1. The number of rotatable bonds is 4. The van der Waals surface area contributed by atoms with Gasteiger partial charge in [-0.1, -0.05) is 30.3 Å². The fourth-order valence-electron chi connectivity index (χ4n) is 4.35. The lowest BCUT2D eigenvalue weighted by Crippen LogP contribution is -2.34. The third-order valence-corrected chi connectivity index (χ3v) is 8.37. The summed E-state index contributed by atoms with van der Waals surface area (Å²) in [7, 11) is -1.76. The topological polar surface area (TPSA) is 66.9 Å². The van der Waals surface area contributed by atoms with Crippen LogP contribution in [0.15, 0.2) is 54.6 Å². The first-order chi connectivity index (χ1) is 14.0. The number of likely N-dealkylation sites (tertiary alicyclic amines) is 1. The molecule has 0 bridgehead atoms. The van der Waals surface area contributed by atoms with Gasteiger partial charge >= 0.3 is 0 Å². The highest BCUT2D eigenvalue weighted by Gasteiger charge is 2.47. The van der Waals surface area contributed by atoms with Crippen LogP contribution in [0.1, 0.15) is 28.8 Å². The number of methoxy groups -OCH3 is 1. The van der Waals surface area contributed by atoms with Crippen molar-refractivity contribution < 1.29 is 17.9 Å². The van der Waals surface area contributed by atoms with Gasteiger partial charge in [0.05, 0.1) is 12.4 Å². The number of carbonyl (C=O) groups excluding carboxylic acids is 1. The van der Waals surface area contributed by atoms with Crippen LogP contribution >= 0.6 is 0 Å². The Balaban J connectivity index is 1.44. The number of amides is 1. The maximum atomic E-state index is 13.2. The predicted molar refractivity (Wildman–Crippen MR) is 111 cm³/mol. The quantitative estimate of drug-likeness (QED) is 0.772. The molecule has 0 unspecified atom stereocenters. The van der Waals surface area contributed by atoms with Gasteiger partial charge in [-0.15, -0.1) is 0 Å². The second-order valence-electron chi connectivity index (χ2n) is 7.72. The van der Waals surface area contributed by atoms with E-state index in [1.807, 2.05) is 42.5 Å². The first-order valence-corrected chi connectivity index (χ1v) is 11.5. The van der Waals surface area contributed by atoms with Gasteiger partial charge in [0.25, 0.3) is 5.91 Å². The number of hydrogen-bond acceptors (Lipinski definition) is 4. The molecule has 0 N–H and O–H groups in total. The van der Waals surface area contributed by atoms with Crippen molar-refractivity contribution in [2.24, 2.45) is 5.92 Å². The molecular formula is C22H26N2O4S. The monoisotopic (exact) mass is 414 g/mol. The van der Waals surface area contributed by atoms with Crippen molar-refractivity contribution in [3.8, 4) is 5.75 Å². The van der Waals surface area contributed by atoms with Crippen molar-refractivity contribution in [2.45, 2.75) is 24.6 Å². The lowest BCUT2D eigenvalue weighted by molar-refractivity contribution is 0.0759. The molecule has 2 aliphatic rings. The maximum Gasteiger partial charge on any atom is 0.253 e. The van der Waals surface area contributed by atoms with E-state index in [-0.39, 0.29) is 11.8 Å². The number of sulfonamides is 1. The summed E-state index contributed by atoms with van der Waals surface area (Å²) in [5.74, 6) is 0.802. The van der Waals surface area contributed by atoms with E-state index < -0.39 is 15.3 Å². The van der Waals surface area contributed by atoms with Crippen LogP contribution in [-0.4, -0.2) is 55.5 Å². The second kappa shape index (κ2) is 8.16. The standard InChI is InChI=1S/C22H26N2O4S/c1-28-20-9-7-17(8-10-20)15-24-16-19-11-13-23(14-12-21(19)29(24,26)27)22(25)18-5-3-2-4-6-18/h2-10,19,21H,11-16H2,1H3/t19-,21-/m0/s1. The molecule has 6 nitrogen and oxygen atoms in total. The number of benzene rings is 2. The molecule has 29 heavy (non-hydrogen) atoms. The van der Waals surface area contributed by atoms with Crippen molar-refractivity contribution in [1.82, 2.24) is 9.21 Å². The lowest BCUT2D eigenvalue weighted by atomic mass is 10.0. The zero-order valence-corrected chi connectivity index (χ0v) is 17.3. The highest BCUT2D eigenvalue weighted by atomic mass is 32.2. The Hall–Kier alpha value is -2.38. The van der Waals surface area contributed by atoms with Crippen molar-refractivity contribution in [3.63, 3.8) is 0 Å². The molecule has 154 valence electrons. The fraction of sp³-hybridized carbons (Fsp3) is 0.409. The molecule has 1 amide bonds. The molecule has 2 saturated heterocycles. The maximum absolute atomic E-state index is 13.2. The molecule has 2 atom stereocenters. The van der Waals surface area contributed by atoms with Crippen LogP contribution in [0.3, 0.4) is 0 Å². The lowest BCUT2D eigenvalue weighted by Gasteiger charge is -2.22. The molecule has 0 aromatic heterocycles. The number of fused-ring (bicyclic) bond motifs is 1. The van der Waals surface area contributed by atoms with Gasteiger partial charge in [0.2, 0.25) is 10.0 Å². The average molecular weight is 415 g/mol. The van der Waals surface area contributed by atoms with E-state index in [4.69, 9.17) is 4.74 Å². The first kappa shape index (κ1) is 19.9. The highest BCUT2D eigenvalue weighted by molar-refractivity contribution is 7.90. The summed E-state index contributed by atoms with van der Waals surface area (Å²) in [6.07, 6.45) is 1.20. The normalized spacial score (nSPS) is 24.0. The molecule has 2 heterocycles. The summed E-state index contributed by atoms with van der Waals surface area (Å²) in [4.78, 5) is 14.5. The predicted octanol–water partition coefficient (Wildman–Crippen LogP) is 2.76. The first-order valence-electron chi connectivity index (χ1n) is 9.95. The molecule has 0 aliphatic carbocycles. The van der Waals surface area contributed by atoms with Crippen LogP contribution in [0.4, 0.5) is 0 Å². The summed E-state index contributed by atoms with van der Waals surface area (Å²) in [6.45, 7) is 1.98. The van der Waals surface area contributed by atoms with Gasteiger partial charge in [0.1, 0.15) is 5.75 Å². The summed E-state index contributed by atoms with van der Waals surface area (Å²) in [6, 6.07) is 16.7. The Labute approximate surface area is 172 Å². The van der Waals surface area contributed by atoms with Gasteiger partial charge in [0, 0.05) is 31.7 Å². The molecule has 2 fully saturated rings. The van der Waals surface area contributed by atoms with Crippen LogP contribution in [0.5, 0.6) is 5.75 Å². The van der Waals surface area contributed by atoms with Crippen LogP contribution in [0, 0.1) is 5.92 Å². The third kappa shape index (κ3) is 4.02. The second-order valence-corrected chi connectivity index (χ2v) is 9.87. The summed E-state index contributed by atoms with van der Waals surface area (Å²) in [5, 5.41) is -0.408. The molecule has 0 spiro atoms. The Morgan fingerprint density at radius 1 is 1.03 bits per heavy atom. The number of carbonyl (C=O) groups is 1. The minimum atomic E-state index is -3.37. The van der Waals surface area contributed by atoms with Crippen molar-refractivity contribution >= 4 is 15.9 Å². The van der Waals surface area contributed by atoms with Gasteiger partial charge in [0.15, 0.2) is 0 Å². The highest BCUT2D eigenvalue weighted by Crippen LogP contribution is 2.35. The van der Waals surface area contributed by atoms with Gasteiger partial charge in [-0.25, -0.2) is 8.42 Å². The van der Waals surface area contributed by atoms with E-state index in [9.17, 15) is 13.2 Å². The molecule has 2 aromatic carbocycles. The largest absolute Gasteiger partial charge is 0.497 e.